The number of hydrogen-bond donors (Lipinski definition) is 2. The van der Waals surface area contributed by atoms with Crippen molar-refractivity contribution in [1.29, 1.82) is 0 Å². The van der Waals surface area contributed by atoms with Crippen LogP contribution >= 0.6 is 0 Å². The lowest BCUT2D eigenvalue weighted by Gasteiger charge is -2.23. The molecule has 0 aliphatic heterocycles. The van der Waals surface area contributed by atoms with Gasteiger partial charge in [0.25, 0.3) is 5.91 Å². The van der Waals surface area contributed by atoms with Gasteiger partial charge in [0.15, 0.2) is 0 Å². The van der Waals surface area contributed by atoms with E-state index in [9.17, 15) is 19.1 Å². The van der Waals surface area contributed by atoms with Crippen LogP contribution in [0.15, 0.2) is 23.6 Å². The second-order valence-corrected chi connectivity index (χ2v) is 5.52. The van der Waals surface area contributed by atoms with Gasteiger partial charge in [-0.1, -0.05) is 13.8 Å². The Kier molecular flexibility index (Phi) is 5.00. The number of nitrogens with one attached hydrogen (secondary N) is 1. The van der Waals surface area contributed by atoms with Gasteiger partial charge in [-0.25, -0.2) is 4.39 Å². The molecule has 5 heteroatoms. The number of aliphatic hydroxyl groups is 1. The van der Waals surface area contributed by atoms with Crippen molar-refractivity contribution >= 4 is 12.2 Å². The summed E-state index contributed by atoms with van der Waals surface area (Å²) in [5.74, 6) is -1.11. The summed E-state index contributed by atoms with van der Waals surface area (Å²) in [5, 5.41) is 12.3. The first-order valence-corrected chi connectivity index (χ1v) is 6.32. The van der Waals surface area contributed by atoms with Crippen LogP contribution in [-0.4, -0.2) is 28.9 Å². The first kappa shape index (κ1) is 15.6. The third-order valence-electron chi connectivity index (χ3n) is 2.86. The number of hydrogen-bond acceptors (Lipinski definition) is 3. The molecule has 0 spiro atoms. The predicted molar refractivity (Wildman–Crippen MR) is 70.0 cm³/mol. The van der Waals surface area contributed by atoms with E-state index in [2.05, 4.69) is 5.32 Å². The average molecular weight is 269 g/mol. The van der Waals surface area contributed by atoms with Gasteiger partial charge in [-0.2, -0.15) is 0 Å². The molecule has 0 saturated carbocycles. The van der Waals surface area contributed by atoms with Crippen LogP contribution in [0, 0.1) is 5.92 Å². The first-order chi connectivity index (χ1) is 8.75. The summed E-state index contributed by atoms with van der Waals surface area (Å²) >= 11 is 0. The number of aldehydes is 1. The molecule has 19 heavy (non-hydrogen) atoms. The number of carbonyl (C=O) groups excluding carboxylic acids is 2. The molecule has 0 unspecified atom stereocenters. The maximum Gasteiger partial charge on any atom is 0.254 e. The first-order valence-electron chi connectivity index (χ1n) is 6.32. The van der Waals surface area contributed by atoms with Gasteiger partial charge >= 0.3 is 0 Å². The molecule has 2 N–H and O–H groups in total. The standard InChI is InChI=1S/C14H20FNO3/c1-9(2)6-10(8-17)16-13(18)11-7-14(3,19)5-4-12(11)15/h4,7-10,19H,5-6H2,1-3H3,(H,16,18)/t10-,14-/m0/s1. The minimum Gasteiger partial charge on any atom is -0.386 e. The normalized spacial score (nSPS) is 24.5. The quantitative estimate of drug-likeness (QED) is 0.746. The van der Waals surface area contributed by atoms with Crippen LogP contribution in [0.3, 0.4) is 0 Å². The zero-order chi connectivity index (χ0) is 14.6. The zero-order valence-corrected chi connectivity index (χ0v) is 11.4. The van der Waals surface area contributed by atoms with Crippen LogP contribution in [0.5, 0.6) is 0 Å². The van der Waals surface area contributed by atoms with E-state index in [4.69, 9.17) is 0 Å². The summed E-state index contributed by atoms with van der Waals surface area (Å²) in [5.41, 5.74) is -1.45. The van der Waals surface area contributed by atoms with E-state index in [0.717, 1.165) is 0 Å². The maximum atomic E-state index is 13.6. The number of rotatable bonds is 5. The third-order valence-corrected chi connectivity index (χ3v) is 2.86. The smallest absolute Gasteiger partial charge is 0.254 e. The van der Waals surface area contributed by atoms with E-state index >= 15 is 0 Å². The molecular formula is C14H20FNO3. The molecule has 2 atom stereocenters. The van der Waals surface area contributed by atoms with Crippen LogP contribution in [0.2, 0.25) is 0 Å². The summed E-state index contributed by atoms with van der Waals surface area (Å²) in [4.78, 5) is 22.8. The second kappa shape index (κ2) is 6.10. The number of amides is 1. The molecule has 1 aliphatic rings. The lowest BCUT2D eigenvalue weighted by Crippen LogP contribution is -2.39. The average Bonchev–Trinajstić information content (AvgIpc) is 2.30. The summed E-state index contributed by atoms with van der Waals surface area (Å²) in [6.07, 6.45) is 3.62. The van der Waals surface area contributed by atoms with Crippen LogP contribution in [-0.2, 0) is 9.59 Å². The van der Waals surface area contributed by atoms with Gasteiger partial charge in [-0.05, 0) is 31.4 Å². The van der Waals surface area contributed by atoms with Gasteiger partial charge in [-0.15, -0.1) is 0 Å². The topological polar surface area (TPSA) is 66.4 Å². The fourth-order valence-electron chi connectivity index (χ4n) is 1.92. The Bertz CT molecular complexity index is 424. The van der Waals surface area contributed by atoms with E-state index in [1.165, 1.54) is 19.1 Å². The van der Waals surface area contributed by atoms with Crippen molar-refractivity contribution in [2.24, 2.45) is 5.92 Å². The Morgan fingerprint density at radius 1 is 1.63 bits per heavy atom. The summed E-state index contributed by atoms with van der Waals surface area (Å²) in [6, 6.07) is -0.645. The van der Waals surface area contributed by atoms with Crippen LogP contribution in [0.25, 0.3) is 0 Å². The minimum absolute atomic E-state index is 0.124. The molecule has 0 aromatic heterocycles. The Morgan fingerprint density at radius 3 is 2.79 bits per heavy atom. The van der Waals surface area contributed by atoms with Crippen LogP contribution in [0.4, 0.5) is 4.39 Å². The monoisotopic (exact) mass is 269 g/mol. The van der Waals surface area contributed by atoms with Crippen molar-refractivity contribution in [3.63, 3.8) is 0 Å². The van der Waals surface area contributed by atoms with Crippen molar-refractivity contribution in [2.75, 3.05) is 0 Å². The van der Waals surface area contributed by atoms with Gasteiger partial charge in [-0.3, -0.25) is 4.79 Å². The lowest BCUT2D eigenvalue weighted by atomic mass is 9.92. The minimum atomic E-state index is -1.24. The molecule has 0 fully saturated rings. The van der Waals surface area contributed by atoms with Crippen molar-refractivity contribution in [3.05, 3.63) is 23.6 Å². The van der Waals surface area contributed by atoms with Gasteiger partial charge in [0.05, 0.1) is 17.2 Å². The molecule has 4 nitrogen and oxygen atoms in total. The molecule has 0 radical (unpaired) electrons. The van der Waals surface area contributed by atoms with E-state index < -0.39 is 23.4 Å². The summed E-state index contributed by atoms with van der Waals surface area (Å²) in [6.45, 7) is 5.34. The predicted octanol–water partition coefficient (Wildman–Crippen LogP) is 1.65. The Morgan fingerprint density at radius 2 is 2.26 bits per heavy atom. The fraction of sp³-hybridized carbons (Fsp3) is 0.571. The summed E-state index contributed by atoms with van der Waals surface area (Å²) < 4.78 is 13.6. The van der Waals surface area contributed by atoms with E-state index in [0.29, 0.717) is 12.7 Å². The molecule has 106 valence electrons. The van der Waals surface area contributed by atoms with Crippen molar-refractivity contribution in [2.45, 2.75) is 45.3 Å². The molecule has 1 rings (SSSR count). The van der Waals surface area contributed by atoms with Crippen molar-refractivity contribution in [3.8, 4) is 0 Å². The number of halogens is 1. The molecule has 0 saturated heterocycles. The highest BCUT2D eigenvalue weighted by Crippen LogP contribution is 2.27. The highest BCUT2D eigenvalue weighted by atomic mass is 19.1. The zero-order valence-electron chi connectivity index (χ0n) is 11.4. The molecule has 0 bridgehead atoms. The Labute approximate surface area is 112 Å². The van der Waals surface area contributed by atoms with Crippen molar-refractivity contribution < 1.29 is 19.1 Å². The molecule has 1 aliphatic carbocycles. The van der Waals surface area contributed by atoms with Crippen LogP contribution < -0.4 is 5.32 Å². The second-order valence-electron chi connectivity index (χ2n) is 5.52. The van der Waals surface area contributed by atoms with E-state index in [-0.39, 0.29) is 17.9 Å². The maximum absolute atomic E-state index is 13.6. The number of carbonyl (C=O) groups is 2. The van der Waals surface area contributed by atoms with Crippen LogP contribution in [0.1, 0.15) is 33.6 Å². The Balaban J connectivity index is 2.79. The van der Waals surface area contributed by atoms with E-state index in [1.54, 1.807) is 0 Å². The fourth-order valence-corrected chi connectivity index (χ4v) is 1.92. The largest absolute Gasteiger partial charge is 0.386 e. The highest BCUT2D eigenvalue weighted by Gasteiger charge is 2.28. The van der Waals surface area contributed by atoms with Gasteiger partial charge in [0.1, 0.15) is 12.1 Å². The molecule has 0 aromatic rings. The summed E-state index contributed by atoms with van der Waals surface area (Å²) in [7, 11) is 0. The molecule has 0 heterocycles. The molecule has 1 amide bonds. The van der Waals surface area contributed by atoms with Gasteiger partial charge < -0.3 is 15.2 Å². The Hall–Kier alpha value is -1.49. The lowest BCUT2D eigenvalue weighted by molar-refractivity contribution is -0.121. The van der Waals surface area contributed by atoms with Gasteiger partial charge in [0.2, 0.25) is 0 Å². The van der Waals surface area contributed by atoms with E-state index in [1.807, 2.05) is 13.8 Å². The SMILES string of the molecule is CC(C)C[C@@H](C=O)NC(=O)C1=C[C@@](C)(O)CC=C1F. The third kappa shape index (κ3) is 4.59. The molecular weight excluding hydrogens is 249 g/mol. The highest BCUT2D eigenvalue weighted by molar-refractivity contribution is 5.98. The van der Waals surface area contributed by atoms with Gasteiger partial charge in [0, 0.05) is 6.42 Å². The van der Waals surface area contributed by atoms with Crippen molar-refractivity contribution in [1.82, 2.24) is 5.32 Å². The molecule has 0 aromatic carbocycles.